The van der Waals surface area contributed by atoms with E-state index < -0.39 is 0 Å². The first-order valence-corrected chi connectivity index (χ1v) is 6.78. The number of rotatable bonds is 8. The summed E-state index contributed by atoms with van der Waals surface area (Å²) >= 11 is 0. The maximum atomic E-state index is 11.6. The molecule has 0 aliphatic rings. The van der Waals surface area contributed by atoms with Crippen molar-refractivity contribution in [2.75, 3.05) is 26.7 Å². The van der Waals surface area contributed by atoms with Gasteiger partial charge >= 0.3 is 0 Å². The first-order valence-electron chi connectivity index (χ1n) is 6.78. The highest BCUT2D eigenvalue weighted by Crippen LogP contribution is 2.07. The molecule has 1 atom stereocenters. The number of likely N-dealkylation sites (N-methyl/N-ethyl adjacent to an activating group) is 1. The normalized spacial score (nSPS) is 12.2. The molecule has 0 aliphatic carbocycles. The van der Waals surface area contributed by atoms with Crippen molar-refractivity contribution in [1.29, 1.82) is 0 Å². The van der Waals surface area contributed by atoms with Crippen LogP contribution in [-0.4, -0.2) is 43.6 Å². The van der Waals surface area contributed by atoms with Gasteiger partial charge in [0.25, 0.3) is 5.91 Å². The van der Waals surface area contributed by atoms with Crippen molar-refractivity contribution in [3.8, 4) is 5.75 Å². The quantitative estimate of drug-likeness (QED) is 0.780. The third-order valence-corrected chi connectivity index (χ3v) is 3.24. The Morgan fingerprint density at radius 3 is 2.68 bits per heavy atom. The lowest BCUT2D eigenvalue weighted by molar-refractivity contribution is -0.123. The molecule has 0 aliphatic heterocycles. The Morgan fingerprint density at radius 1 is 1.37 bits per heavy atom. The van der Waals surface area contributed by atoms with Crippen LogP contribution >= 0.6 is 0 Å². The van der Waals surface area contributed by atoms with E-state index >= 15 is 0 Å². The number of benzene rings is 1. The molecule has 0 aromatic heterocycles. The van der Waals surface area contributed by atoms with E-state index in [-0.39, 0.29) is 12.5 Å². The molecule has 106 valence electrons. The van der Waals surface area contributed by atoms with Gasteiger partial charge in [-0.1, -0.05) is 25.1 Å². The average Bonchev–Trinajstić information content (AvgIpc) is 2.45. The highest BCUT2D eigenvalue weighted by Gasteiger charge is 2.07. The predicted molar refractivity (Wildman–Crippen MR) is 77.3 cm³/mol. The first-order chi connectivity index (χ1) is 9.13. The molecule has 0 unspecified atom stereocenters. The zero-order valence-electron chi connectivity index (χ0n) is 12.1. The van der Waals surface area contributed by atoms with Crippen molar-refractivity contribution >= 4 is 5.91 Å². The standard InChI is InChI=1S/C15H24N2O2/c1-4-13(2)17(3)11-10-16-15(18)12-19-14-8-6-5-7-9-14/h5-9,13H,4,10-12H2,1-3H3,(H,16,18)/t13-/m1/s1. The third-order valence-electron chi connectivity index (χ3n) is 3.24. The molecular formula is C15H24N2O2. The molecule has 19 heavy (non-hydrogen) atoms. The summed E-state index contributed by atoms with van der Waals surface area (Å²) in [5.41, 5.74) is 0. The zero-order chi connectivity index (χ0) is 14.1. The number of carbonyl (C=O) groups is 1. The molecule has 0 radical (unpaired) electrons. The van der Waals surface area contributed by atoms with Gasteiger partial charge in [-0.2, -0.15) is 0 Å². The average molecular weight is 264 g/mol. The molecule has 0 saturated carbocycles. The molecule has 0 saturated heterocycles. The molecule has 4 nitrogen and oxygen atoms in total. The van der Waals surface area contributed by atoms with Gasteiger partial charge in [-0.3, -0.25) is 4.79 Å². The second-order valence-corrected chi connectivity index (χ2v) is 4.69. The summed E-state index contributed by atoms with van der Waals surface area (Å²) in [7, 11) is 2.07. The van der Waals surface area contributed by atoms with Crippen LogP contribution in [0, 0.1) is 0 Å². The maximum absolute atomic E-state index is 11.6. The van der Waals surface area contributed by atoms with Gasteiger partial charge in [0, 0.05) is 19.1 Å². The fourth-order valence-corrected chi connectivity index (χ4v) is 1.62. The highest BCUT2D eigenvalue weighted by molar-refractivity contribution is 5.77. The summed E-state index contributed by atoms with van der Waals surface area (Å²) in [4.78, 5) is 13.8. The van der Waals surface area contributed by atoms with Gasteiger partial charge in [0.05, 0.1) is 0 Å². The van der Waals surface area contributed by atoms with E-state index in [0.717, 1.165) is 18.7 Å². The molecule has 1 aromatic rings. The van der Waals surface area contributed by atoms with Crippen LogP contribution in [0.1, 0.15) is 20.3 Å². The summed E-state index contributed by atoms with van der Waals surface area (Å²) in [5, 5.41) is 2.86. The molecule has 1 rings (SSSR count). The van der Waals surface area contributed by atoms with Crippen molar-refractivity contribution in [2.45, 2.75) is 26.3 Å². The minimum atomic E-state index is -0.0820. The lowest BCUT2D eigenvalue weighted by Crippen LogP contribution is -2.38. The molecule has 1 N–H and O–H groups in total. The maximum Gasteiger partial charge on any atom is 0.257 e. The van der Waals surface area contributed by atoms with Crippen molar-refractivity contribution in [3.63, 3.8) is 0 Å². The van der Waals surface area contributed by atoms with Crippen LogP contribution in [0.4, 0.5) is 0 Å². The SMILES string of the molecule is CC[C@@H](C)N(C)CCNC(=O)COc1ccccc1. The van der Waals surface area contributed by atoms with Crippen LogP contribution in [0.15, 0.2) is 30.3 Å². The van der Waals surface area contributed by atoms with Gasteiger partial charge in [0.1, 0.15) is 5.75 Å². The predicted octanol–water partition coefficient (Wildman–Crippen LogP) is 1.91. The van der Waals surface area contributed by atoms with E-state index in [0.29, 0.717) is 12.6 Å². The number of nitrogens with one attached hydrogen (secondary N) is 1. The van der Waals surface area contributed by atoms with E-state index in [1.807, 2.05) is 30.3 Å². The summed E-state index contributed by atoms with van der Waals surface area (Å²) in [5.74, 6) is 0.635. The van der Waals surface area contributed by atoms with Crippen molar-refractivity contribution in [3.05, 3.63) is 30.3 Å². The zero-order valence-corrected chi connectivity index (χ0v) is 12.1. The minimum absolute atomic E-state index is 0.0665. The van der Waals surface area contributed by atoms with E-state index in [4.69, 9.17) is 4.74 Å². The van der Waals surface area contributed by atoms with Gasteiger partial charge in [0.15, 0.2) is 6.61 Å². The second kappa shape index (κ2) is 8.53. The Bertz CT molecular complexity index is 368. The fourth-order valence-electron chi connectivity index (χ4n) is 1.62. The van der Waals surface area contributed by atoms with Gasteiger partial charge in [-0.25, -0.2) is 0 Å². The van der Waals surface area contributed by atoms with Crippen molar-refractivity contribution < 1.29 is 9.53 Å². The largest absolute Gasteiger partial charge is 0.484 e. The number of nitrogens with zero attached hydrogens (tertiary/aromatic N) is 1. The van der Waals surface area contributed by atoms with Crippen molar-refractivity contribution in [1.82, 2.24) is 10.2 Å². The van der Waals surface area contributed by atoms with Crippen LogP contribution in [0.25, 0.3) is 0 Å². The van der Waals surface area contributed by atoms with E-state index in [1.54, 1.807) is 0 Å². The third kappa shape index (κ3) is 6.25. The molecule has 0 fully saturated rings. The number of amides is 1. The molecule has 4 heteroatoms. The molecule has 1 amide bonds. The van der Waals surface area contributed by atoms with Gasteiger partial charge in [0.2, 0.25) is 0 Å². The lowest BCUT2D eigenvalue weighted by atomic mass is 10.2. The van der Waals surface area contributed by atoms with Gasteiger partial charge < -0.3 is 15.0 Å². The summed E-state index contributed by atoms with van der Waals surface area (Å²) < 4.78 is 5.37. The van der Waals surface area contributed by atoms with Gasteiger partial charge in [-0.15, -0.1) is 0 Å². The Balaban J connectivity index is 2.15. The topological polar surface area (TPSA) is 41.6 Å². The Kier molecular flexibility index (Phi) is 6.97. The van der Waals surface area contributed by atoms with Crippen LogP contribution in [-0.2, 0) is 4.79 Å². The number of ether oxygens (including phenoxy) is 1. The number of para-hydroxylation sites is 1. The fraction of sp³-hybridized carbons (Fsp3) is 0.533. The lowest BCUT2D eigenvalue weighted by Gasteiger charge is -2.23. The Morgan fingerprint density at radius 2 is 2.05 bits per heavy atom. The van der Waals surface area contributed by atoms with E-state index in [1.165, 1.54) is 0 Å². The summed E-state index contributed by atoms with van der Waals surface area (Å²) in [6.45, 7) is 5.91. The highest BCUT2D eigenvalue weighted by atomic mass is 16.5. The molecule has 0 heterocycles. The van der Waals surface area contributed by atoms with Crippen LogP contribution < -0.4 is 10.1 Å². The van der Waals surface area contributed by atoms with Crippen molar-refractivity contribution in [2.24, 2.45) is 0 Å². The summed E-state index contributed by atoms with van der Waals surface area (Å²) in [6, 6.07) is 9.89. The van der Waals surface area contributed by atoms with Gasteiger partial charge in [-0.05, 0) is 32.5 Å². The summed E-state index contributed by atoms with van der Waals surface area (Å²) in [6.07, 6.45) is 1.11. The van der Waals surface area contributed by atoms with E-state index in [2.05, 4.69) is 31.1 Å². The molecule has 0 bridgehead atoms. The minimum Gasteiger partial charge on any atom is -0.484 e. The van der Waals surface area contributed by atoms with E-state index in [9.17, 15) is 4.79 Å². The Labute approximate surface area is 115 Å². The first kappa shape index (κ1) is 15.5. The molecule has 0 spiro atoms. The monoisotopic (exact) mass is 264 g/mol. The molecule has 1 aromatic carbocycles. The van der Waals surface area contributed by atoms with Crippen LogP contribution in [0.3, 0.4) is 0 Å². The second-order valence-electron chi connectivity index (χ2n) is 4.69. The van der Waals surface area contributed by atoms with Crippen LogP contribution in [0.5, 0.6) is 5.75 Å². The number of carbonyl (C=O) groups excluding carboxylic acids is 1. The molecular weight excluding hydrogens is 240 g/mol. The number of hydrogen-bond donors (Lipinski definition) is 1. The van der Waals surface area contributed by atoms with Crippen LogP contribution in [0.2, 0.25) is 0 Å². The Hall–Kier alpha value is -1.55. The number of hydrogen-bond acceptors (Lipinski definition) is 3. The smallest absolute Gasteiger partial charge is 0.257 e.